The number of rotatable bonds is 6. The Morgan fingerprint density at radius 1 is 1.23 bits per heavy atom. The van der Waals surface area contributed by atoms with E-state index in [9.17, 15) is 18.0 Å². The molecule has 0 saturated carbocycles. The smallest absolute Gasteiger partial charge is 0.348 e. The number of pyridine rings is 1. The monoisotopic (exact) mass is 550 g/mol. The van der Waals surface area contributed by atoms with Gasteiger partial charge in [0.2, 0.25) is 17.8 Å². The highest BCUT2D eigenvalue weighted by molar-refractivity contribution is 6.00. The second kappa shape index (κ2) is 9.70. The molecule has 0 spiro atoms. The minimum Gasteiger partial charge on any atom is -0.348 e. The van der Waals surface area contributed by atoms with Crippen LogP contribution in [0.2, 0.25) is 0 Å². The molecule has 1 aliphatic rings. The molecule has 0 radical (unpaired) electrons. The van der Waals surface area contributed by atoms with Crippen molar-refractivity contribution in [3.63, 3.8) is 0 Å². The number of halogens is 3. The number of aromatic amines is 1. The first kappa shape index (κ1) is 25.4. The van der Waals surface area contributed by atoms with Crippen LogP contribution in [0.5, 0.6) is 0 Å². The molecular formula is C26H25F3N10O. The van der Waals surface area contributed by atoms with Crippen molar-refractivity contribution in [1.82, 2.24) is 34.3 Å². The zero-order valence-corrected chi connectivity index (χ0v) is 21.4. The number of imidazole rings is 1. The molecule has 0 bridgehead atoms. The van der Waals surface area contributed by atoms with Crippen molar-refractivity contribution in [2.75, 3.05) is 28.6 Å². The van der Waals surface area contributed by atoms with Crippen LogP contribution in [0, 0.1) is 0 Å². The van der Waals surface area contributed by atoms with Crippen LogP contribution in [0.4, 0.5) is 30.8 Å². The minimum absolute atomic E-state index is 0.0388. The molecule has 1 atom stereocenters. The molecule has 5 heterocycles. The van der Waals surface area contributed by atoms with Crippen LogP contribution in [0.1, 0.15) is 18.5 Å². The lowest BCUT2D eigenvalue weighted by Crippen LogP contribution is -2.43. The van der Waals surface area contributed by atoms with E-state index in [-0.39, 0.29) is 29.1 Å². The summed E-state index contributed by atoms with van der Waals surface area (Å²) >= 11 is 0. The van der Waals surface area contributed by atoms with Gasteiger partial charge in [0.1, 0.15) is 0 Å². The van der Waals surface area contributed by atoms with Crippen LogP contribution in [0.15, 0.2) is 55.4 Å². The van der Waals surface area contributed by atoms with E-state index in [2.05, 4.69) is 42.4 Å². The number of aromatic nitrogens is 7. The van der Waals surface area contributed by atoms with E-state index < -0.39 is 11.9 Å². The number of fused-ring (bicyclic) bond motifs is 2. The molecule has 1 saturated heterocycles. The molecule has 11 nitrogen and oxygen atoms in total. The Bertz CT molecular complexity index is 1720. The Labute approximate surface area is 225 Å². The van der Waals surface area contributed by atoms with Gasteiger partial charge in [0.25, 0.3) is 0 Å². The highest BCUT2D eigenvalue weighted by atomic mass is 19.4. The first-order chi connectivity index (χ1) is 19.2. The quantitative estimate of drug-likeness (QED) is 0.271. The van der Waals surface area contributed by atoms with Gasteiger partial charge in [-0.15, -0.1) is 5.10 Å². The van der Waals surface area contributed by atoms with E-state index in [4.69, 9.17) is 4.98 Å². The SMILES string of the molecule is C=CC(=O)Nc1ccc2c(c1)nc(N1CCCC(Nc3nc4ccc(-c5cn[nH]c5)c(C(F)(F)F)n4n3)C1)n2C. The minimum atomic E-state index is -4.66. The number of amides is 1. The normalized spacial score (nSPS) is 16.0. The number of benzene rings is 1. The van der Waals surface area contributed by atoms with Crippen LogP contribution >= 0.6 is 0 Å². The van der Waals surface area contributed by atoms with Crippen molar-refractivity contribution in [2.45, 2.75) is 25.1 Å². The van der Waals surface area contributed by atoms with E-state index >= 15 is 0 Å². The van der Waals surface area contributed by atoms with Crippen molar-refractivity contribution in [2.24, 2.45) is 7.05 Å². The van der Waals surface area contributed by atoms with Gasteiger partial charge in [-0.05, 0) is 49.2 Å². The van der Waals surface area contributed by atoms with E-state index in [0.717, 1.165) is 40.9 Å². The van der Waals surface area contributed by atoms with Crippen molar-refractivity contribution in [3.05, 3.63) is 61.1 Å². The molecule has 206 valence electrons. The molecule has 40 heavy (non-hydrogen) atoms. The van der Waals surface area contributed by atoms with Crippen LogP contribution in [0.3, 0.4) is 0 Å². The summed E-state index contributed by atoms with van der Waals surface area (Å²) in [4.78, 5) is 22.9. The largest absolute Gasteiger partial charge is 0.434 e. The van der Waals surface area contributed by atoms with Gasteiger partial charge >= 0.3 is 6.18 Å². The fourth-order valence-corrected chi connectivity index (χ4v) is 5.11. The number of H-pyrrole nitrogens is 1. The summed E-state index contributed by atoms with van der Waals surface area (Å²) in [5, 5.41) is 16.5. The summed E-state index contributed by atoms with van der Waals surface area (Å²) in [7, 11) is 1.92. The number of carbonyl (C=O) groups is 1. The van der Waals surface area contributed by atoms with Gasteiger partial charge in [0, 0.05) is 49.2 Å². The summed E-state index contributed by atoms with van der Waals surface area (Å²) in [6.45, 7) is 4.79. The van der Waals surface area contributed by atoms with Gasteiger partial charge < -0.3 is 20.1 Å². The van der Waals surface area contributed by atoms with Gasteiger partial charge in [-0.3, -0.25) is 9.89 Å². The third-order valence-corrected chi connectivity index (χ3v) is 6.92. The van der Waals surface area contributed by atoms with E-state index in [1.807, 2.05) is 17.7 Å². The van der Waals surface area contributed by atoms with Gasteiger partial charge in [-0.1, -0.05) is 6.58 Å². The zero-order valence-electron chi connectivity index (χ0n) is 21.4. The molecule has 1 fully saturated rings. The zero-order chi connectivity index (χ0) is 28.0. The lowest BCUT2D eigenvalue weighted by Gasteiger charge is -2.33. The molecular weight excluding hydrogens is 525 g/mol. The maximum absolute atomic E-state index is 14.1. The number of nitrogens with one attached hydrogen (secondary N) is 3. The molecule has 1 unspecified atom stereocenters. The molecule has 1 aliphatic heterocycles. The molecule has 5 aromatic rings. The topological polar surface area (TPSA) is 121 Å². The maximum Gasteiger partial charge on any atom is 0.434 e. The molecule has 4 aromatic heterocycles. The Morgan fingerprint density at radius 2 is 2.08 bits per heavy atom. The number of aryl methyl sites for hydroxylation is 1. The van der Waals surface area contributed by atoms with Crippen molar-refractivity contribution >= 4 is 40.2 Å². The molecule has 6 rings (SSSR count). The number of carbonyl (C=O) groups excluding carboxylic acids is 1. The Balaban J connectivity index is 1.25. The van der Waals surface area contributed by atoms with Crippen molar-refractivity contribution in [1.29, 1.82) is 0 Å². The molecule has 3 N–H and O–H groups in total. The highest BCUT2D eigenvalue weighted by Crippen LogP contribution is 2.37. The summed E-state index contributed by atoms with van der Waals surface area (Å²) in [6, 6.07) is 8.27. The second-order valence-corrected chi connectivity index (χ2v) is 9.58. The summed E-state index contributed by atoms with van der Waals surface area (Å²) in [5.74, 6) is 0.566. The van der Waals surface area contributed by atoms with Gasteiger partial charge in [-0.25, -0.2) is 9.50 Å². The van der Waals surface area contributed by atoms with Crippen LogP contribution in [-0.4, -0.2) is 59.4 Å². The summed E-state index contributed by atoms with van der Waals surface area (Å²) in [6.07, 6.45) is 0.917. The summed E-state index contributed by atoms with van der Waals surface area (Å²) < 4.78 is 45.2. The van der Waals surface area contributed by atoms with Crippen LogP contribution in [-0.2, 0) is 18.0 Å². The first-order valence-electron chi connectivity index (χ1n) is 12.6. The maximum atomic E-state index is 14.1. The van der Waals surface area contributed by atoms with Crippen molar-refractivity contribution in [3.8, 4) is 11.1 Å². The van der Waals surface area contributed by atoms with Gasteiger partial charge in [0.15, 0.2) is 11.3 Å². The Kier molecular flexibility index (Phi) is 6.16. The number of nitrogens with zero attached hydrogens (tertiary/aromatic N) is 7. The lowest BCUT2D eigenvalue weighted by molar-refractivity contribution is -0.142. The fourth-order valence-electron chi connectivity index (χ4n) is 5.11. The lowest BCUT2D eigenvalue weighted by atomic mass is 10.1. The molecule has 14 heteroatoms. The van der Waals surface area contributed by atoms with Crippen LogP contribution < -0.4 is 15.5 Å². The molecule has 1 aromatic carbocycles. The molecule has 1 amide bonds. The molecule has 0 aliphatic carbocycles. The van der Waals surface area contributed by atoms with E-state index in [0.29, 0.717) is 17.8 Å². The number of piperidine rings is 1. The average Bonchev–Trinajstić information content (AvgIpc) is 3.66. The predicted molar refractivity (Wildman–Crippen MR) is 144 cm³/mol. The van der Waals surface area contributed by atoms with E-state index in [1.54, 1.807) is 12.1 Å². The van der Waals surface area contributed by atoms with Crippen molar-refractivity contribution < 1.29 is 18.0 Å². The first-order valence-corrected chi connectivity index (χ1v) is 12.6. The third-order valence-electron chi connectivity index (χ3n) is 6.92. The van der Waals surface area contributed by atoms with E-state index in [1.165, 1.54) is 30.6 Å². The highest BCUT2D eigenvalue weighted by Gasteiger charge is 2.38. The van der Waals surface area contributed by atoms with Gasteiger partial charge in [-0.2, -0.15) is 23.3 Å². The standard InChI is InChI=1S/C26H25F3N10O/c1-3-22(40)32-16-6-8-20-19(11-16)34-25(37(20)2)38-10-4-5-17(14-38)33-24-35-21-9-7-18(15-12-30-31-13-15)23(26(27,28)29)39(21)36-24/h3,6-9,11-13,17H,1,4-5,10,14H2,2H3,(H,30,31)(H,32,40)(H,33,36). The number of hydrogen-bond donors (Lipinski definition) is 3. The Hall–Kier alpha value is -4.88. The predicted octanol–water partition coefficient (Wildman–Crippen LogP) is 4.23. The number of hydrogen-bond acceptors (Lipinski definition) is 7. The Morgan fingerprint density at radius 3 is 2.83 bits per heavy atom. The van der Waals surface area contributed by atoms with Crippen LogP contribution in [0.25, 0.3) is 27.8 Å². The fraction of sp³-hybridized carbons (Fsp3) is 0.269. The third kappa shape index (κ3) is 4.61. The number of anilines is 3. The summed E-state index contributed by atoms with van der Waals surface area (Å²) in [5.41, 5.74) is 1.68. The average molecular weight is 551 g/mol. The number of alkyl halides is 3. The second-order valence-electron chi connectivity index (χ2n) is 9.58. The van der Waals surface area contributed by atoms with Gasteiger partial charge in [0.05, 0.1) is 17.2 Å².